The molecule has 0 aliphatic carbocycles. The van der Waals surface area contributed by atoms with Crippen molar-refractivity contribution in [3.8, 4) is 0 Å². The molecule has 2 N–H and O–H groups in total. The highest BCUT2D eigenvalue weighted by molar-refractivity contribution is 8.18. The molecule has 0 aromatic heterocycles. The lowest BCUT2D eigenvalue weighted by Crippen LogP contribution is -2.11. The van der Waals surface area contributed by atoms with Gasteiger partial charge < -0.3 is 10.2 Å². The number of aliphatic hydroxyl groups is 2. The van der Waals surface area contributed by atoms with Gasteiger partial charge in [0, 0.05) is 11.5 Å². The van der Waals surface area contributed by atoms with Crippen molar-refractivity contribution in [1.82, 2.24) is 0 Å². The van der Waals surface area contributed by atoms with Gasteiger partial charge in [-0.05, 0) is 62.5 Å². The molecule has 0 heterocycles. The molecular weight excluding hydrogens is 340 g/mol. The third kappa shape index (κ3) is 17.5. The van der Waals surface area contributed by atoms with Crippen LogP contribution in [0.1, 0.15) is 39.5 Å². The normalized spacial score (nSPS) is 12.0. The van der Waals surface area contributed by atoms with Gasteiger partial charge in [0.15, 0.2) is 0 Å². The Morgan fingerprint density at radius 1 is 0.619 bits per heavy atom. The van der Waals surface area contributed by atoms with E-state index in [1.54, 1.807) is 0 Å². The number of rotatable bonds is 16. The van der Waals surface area contributed by atoms with Crippen LogP contribution in [-0.4, -0.2) is 62.0 Å². The van der Waals surface area contributed by atoms with Crippen molar-refractivity contribution >= 4 is 47.0 Å². The average molecular weight is 373 g/mol. The number of unbranched alkanes of at least 4 members (excludes halogenated alkanes) is 2. The minimum atomic E-state index is 0.307. The van der Waals surface area contributed by atoms with E-state index in [9.17, 15) is 0 Å². The molecule has 0 aliphatic heterocycles. The van der Waals surface area contributed by atoms with E-state index < -0.39 is 0 Å². The fraction of sp³-hybridized carbons (Fsp3) is 1.00. The molecule has 0 fully saturated rings. The maximum Gasteiger partial charge on any atom is 0.0555 e. The Kier molecular flexibility index (Phi) is 17.2. The van der Waals surface area contributed by atoms with Crippen molar-refractivity contribution in [3.05, 3.63) is 0 Å². The highest BCUT2D eigenvalue weighted by Gasteiger charge is 2.17. The van der Waals surface area contributed by atoms with Crippen molar-refractivity contribution < 1.29 is 10.2 Å². The number of hydrogen-bond donors (Lipinski definition) is 2. The van der Waals surface area contributed by atoms with Gasteiger partial charge in [-0.3, -0.25) is 0 Å². The first-order valence-electron chi connectivity index (χ1n) is 7.77. The lowest BCUT2D eigenvalue weighted by Gasteiger charge is -2.23. The Morgan fingerprint density at radius 3 is 1.38 bits per heavy atom. The standard InChI is InChI=1S/C15H32O2S4/c1-15(2,20-11-5-3-9-18-13-7-16)21-12-6-4-10-19-14-8-17/h16-17H,3-14H2,1-2H3. The van der Waals surface area contributed by atoms with Gasteiger partial charge in [0.25, 0.3) is 0 Å². The van der Waals surface area contributed by atoms with Crippen LogP contribution < -0.4 is 0 Å². The summed E-state index contributed by atoms with van der Waals surface area (Å²) in [6.45, 7) is 5.29. The van der Waals surface area contributed by atoms with Crippen LogP contribution in [0, 0.1) is 0 Å². The third-order valence-corrected chi connectivity index (χ3v) is 7.92. The van der Waals surface area contributed by atoms with Crippen LogP contribution >= 0.6 is 47.0 Å². The molecule has 0 aromatic carbocycles. The van der Waals surface area contributed by atoms with Crippen LogP contribution in [0.5, 0.6) is 0 Å². The highest BCUT2D eigenvalue weighted by Crippen LogP contribution is 2.37. The third-order valence-electron chi connectivity index (χ3n) is 2.74. The molecule has 0 aromatic rings. The minimum Gasteiger partial charge on any atom is -0.396 e. The van der Waals surface area contributed by atoms with E-state index in [0.717, 1.165) is 11.5 Å². The van der Waals surface area contributed by atoms with Crippen LogP contribution in [0.2, 0.25) is 0 Å². The van der Waals surface area contributed by atoms with Gasteiger partial charge in [-0.1, -0.05) is 0 Å². The lowest BCUT2D eigenvalue weighted by atomic mass is 10.4. The van der Waals surface area contributed by atoms with Gasteiger partial charge in [0.05, 0.1) is 17.3 Å². The first kappa shape index (κ1) is 22.3. The first-order chi connectivity index (χ1) is 10.1. The average Bonchev–Trinajstić information content (AvgIpc) is 2.45. The van der Waals surface area contributed by atoms with Gasteiger partial charge in [0.1, 0.15) is 0 Å². The Labute approximate surface area is 148 Å². The van der Waals surface area contributed by atoms with E-state index in [1.165, 1.54) is 48.7 Å². The fourth-order valence-corrected chi connectivity index (χ4v) is 5.62. The molecule has 0 saturated carbocycles. The number of hydrogen-bond acceptors (Lipinski definition) is 6. The summed E-state index contributed by atoms with van der Waals surface area (Å²) in [5.41, 5.74) is 0. The molecule has 128 valence electrons. The van der Waals surface area contributed by atoms with E-state index in [4.69, 9.17) is 10.2 Å². The predicted octanol–water partition coefficient (Wildman–Crippen LogP) is 4.20. The second-order valence-corrected chi connectivity index (χ2v) is 11.3. The Balaban J connectivity index is 3.35. The van der Waals surface area contributed by atoms with Crippen molar-refractivity contribution in [1.29, 1.82) is 0 Å². The molecule has 0 bridgehead atoms. The first-order valence-corrected chi connectivity index (χ1v) is 12.1. The zero-order valence-electron chi connectivity index (χ0n) is 13.5. The van der Waals surface area contributed by atoms with Crippen LogP contribution in [0.4, 0.5) is 0 Å². The van der Waals surface area contributed by atoms with E-state index in [1.807, 2.05) is 23.5 Å². The molecule has 0 rings (SSSR count). The molecule has 0 aliphatic rings. The molecule has 21 heavy (non-hydrogen) atoms. The van der Waals surface area contributed by atoms with E-state index in [-0.39, 0.29) is 0 Å². The lowest BCUT2D eigenvalue weighted by molar-refractivity contribution is 0.322. The van der Waals surface area contributed by atoms with Crippen LogP contribution in [0.15, 0.2) is 0 Å². The van der Waals surface area contributed by atoms with Crippen LogP contribution in [-0.2, 0) is 0 Å². The van der Waals surface area contributed by atoms with Crippen LogP contribution in [0.25, 0.3) is 0 Å². The summed E-state index contributed by atoms with van der Waals surface area (Å²) in [4.78, 5) is 0. The van der Waals surface area contributed by atoms with Gasteiger partial charge in [-0.2, -0.15) is 23.5 Å². The molecule has 0 atom stereocenters. The molecule has 0 amide bonds. The smallest absolute Gasteiger partial charge is 0.0555 e. The monoisotopic (exact) mass is 372 g/mol. The second kappa shape index (κ2) is 16.2. The fourth-order valence-electron chi connectivity index (χ4n) is 1.62. The van der Waals surface area contributed by atoms with Gasteiger partial charge >= 0.3 is 0 Å². The predicted molar refractivity (Wildman–Crippen MR) is 106 cm³/mol. The Morgan fingerprint density at radius 2 is 1.00 bits per heavy atom. The molecule has 2 nitrogen and oxygen atoms in total. The zero-order valence-corrected chi connectivity index (χ0v) is 16.8. The topological polar surface area (TPSA) is 40.5 Å². The summed E-state index contributed by atoms with van der Waals surface area (Å²) in [5, 5.41) is 17.4. The zero-order chi connectivity index (χ0) is 15.8. The summed E-state index contributed by atoms with van der Waals surface area (Å²) < 4.78 is 0.330. The molecule has 0 spiro atoms. The van der Waals surface area contributed by atoms with Crippen molar-refractivity contribution in [2.75, 3.05) is 47.7 Å². The maximum atomic E-state index is 8.70. The van der Waals surface area contributed by atoms with E-state index >= 15 is 0 Å². The van der Waals surface area contributed by atoms with Gasteiger partial charge in [-0.15, -0.1) is 23.5 Å². The van der Waals surface area contributed by atoms with E-state index in [2.05, 4.69) is 37.4 Å². The van der Waals surface area contributed by atoms with Gasteiger partial charge in [0.2, 0.25) is 0 Å². The minimum absolute atomic E-state index is 0.307. The Hall–Kier alpha value is 1.32. The number of thioether (sulfide) groups is 4. The van der Waals surface area contributed by atoms with Crippen molar-refractivity contribution in [2.24, 2.45) is 0 Å². The van der Waals surface area contributed by atoms with Crippen molar-refractivity contribution in [3.63, 3.8) is 0 Å². The summed E-state index contributed by atoms with van der Waals surface area (Å²) in [7, 11) is 0. The summed E-state index contributed by atoms with van der Waals surface area (Å²) >= 11 is 7.87. The second-order valence-electron chi connectivity index (χ2n) is 5.18. The maximum absolute atomic E-state index is 8.70. The summed E-state index contributed by atoms with van der Waals surface area (Å²) in [6, 6.07) is 0. The summed E-state index contributed by atoms with van der Waals surface area (Å²) in [5.74, 6) is 6.61. The molecule has 6 heteroatoms. The molecule has 0 radical (unpaired) electrons. The number of aliphatic hydroxyl groups excluding tert-OH is 2. The molecule has 0 unspecified atom stereocenters. The van der Waals surface area contributed by atoms with E-state index in [0.29, 0.717) is 17.3 Å². The highest BCUT2D eigenvalue weighted by atomic mass is 32.2. The summed E-state index contributed by atoms with van der Waals surface area (Å²) in [6.07, 6.45) is 5.09. The Bertz CT molecular complexity index is 196. The molecular formula is C15H32O2S4. The van der Waals surface area contributed by atoms with Crippen LogP contribution in [0.3, 0.4) is 0 Å². The largest absolute Gasteiger partial charge is 0.396 e. The van der Waals surface area contributed by atoms with Crippen molar-refractivity contribution in [2.45, 2.75) is 43.6 Å². The quantitative estimate of drug-likeness (QED) is 0.312. The van der Waals surface area contributed by atoms with Gasteiger partial charge in [-0.25, -0.2) is 0 Å². The SMILES string of the molecule is CC(C)(SCCCCSCCO)SCCCCSCCO. The molecule has 0 saturated heterocycles.